The largest absolute Gasteiger partial charge is 0.495 e. The van der Waals surface area contributed by atoms with E-state index in [-0.39, 0.29) is 0 Å². The predicted octanol–water partition coefficient (Wildman–Crippen LogP) is 5.35. The van der Waals surface area contributed by atoms with E-state index in [4.69, 9.17) is 4.74 Å². The molecule has 1 fully saturated rings. The van der Waals surface area contributed by atoms with E-state index in [9.17, 15) is 0 Å². The standard InChI is InChI=1S/C20H25NO/c1-15-7-6-10-18(13-15)21-19-14-17(11-12-20(19)22-2)16-8-4-3-5-9-16/h3-5,8-9,11-12,14-15,18,21H,6-7,10,13H2,1-2H3/t15-,18+/m0/s1. The molecule has 2 aromatic rings. The van der Waals surface area contributed by atoms with E-state index >= 15 is 0 Å². The highest BCUT2D eigenvalue weighted by molar-refractivity contribution is 5.72. The third-order valence-corrected chi connectivity index (χ3v) is 4.60. The van der Waals surface area contributed by atoms with Gasteiger partial charge in [0, 0.05) is 6.04 Å². The molecule has 0 radical (unpaired) electrons. The molecule has 3 rings (SSSR count). The summed E-state index contributed by atoms with van der Waals surface area (Å²) in [5, 5.41) is 3.72. The van der Waals surface area contributed by atoms with Crippen LogP contribution in [0, 0.1) is 5.92 Å². The fourth-order valence-electron chi connectivity index (χ4n) is 3.42. The molecular formula is C20H25NO. The average molecular weight is 295 g/mol. The van der Waals surface area contributed by atoms with Gasteiger partial charge in [-0.2, -0.15) is 0 Å². The normalized spacial score (nSPS) is 21.4. The van der Waals surface area contributed by atoms with Gasteiger partial charge >= 0.3 is 0 Å². The summed E-state index contributed by atoms with van der Waals surface area (Å²) < 4.78 is 5.54. The molecule has 0 heterocycles. The lowest BCUT2D eigenvalue weighted by Crippen LogP contribution is -2.26. The van der Waals surface area contributed by atoms with Crippen molar-refractivity contribution in [3.63, 3.8) is 0 Å². The molecule has 0 aromatic heterocycles. The minimum Gasteiger partial charge on any atom is -0.495 e. The number of nitrogens with one attached hydrogen (secondary N) is 1. The van der Waals surface area contributed by atoms with Gasteiger partial charge in [-0.15, -0.1) is 0 Å². The van der Waals surface area contributed by atoms with Crippen molar-refractivity contribution >= 4 is 5.69 Å². The van der Waals surface area contributed by atoms with Crippen molar-refractivity contribution in [2.75, 3.05) is 12.4 Å². The van der Waals surface area contributed by atoms with Crippen molar-refractivity contribution in [3.05, 3.63) is 48.5 Å². The van der Waals surface area contributed by atoms with Crippen LogP contribution < -0.4 is 10.1 Å². The van der Waals surface area contributed by atoms with Gasteiger partial charge in [-0.05, 0) is 42.0 Å². The first-order chi connectivity index (χ1) is 10.8. The van der Waals surface area contributed by atoms with Crippen molar-refractivity contribution in [2.45, 2.75) is 38.6 Å². The summed E-state index contributed by atoms with van der Waals surface area (Å²) in [6.07, 6.45) is 5.18. The molecule has 0 bridgehead atoms. The Hall–Kier alpha value is -1.96. The zero-order valence-electron chi connectivity index (χ0n) is 13.5. The zero-order chi connectivity index (χ0) is 15.4. The van der Waals surface area contributed by atoms with Crippen molar-refractivity contribution in [1.29, 1.82) is 0 Å². The Balaban J connectivity index is 1.85. The van der Waals surface area contributed by atoms with Crippen molar-refractivity contribution in [3.8, 4) is 16.9 Å². The number of hydrogen-bond acceptors (Lipinski definition) is 2. The lowest BCUT2D eigenvalue weighted by atomic mass is 9.87. The van der Waals surface area contributed by atoms with Crippen LogP contribution in [0.2, 0.25) is 0 Å². The van der Waals surface area contributed by atoms with Crippen molar-refractivity contribution < 1.29 is 4.74 Å². The van der Waals surface area contributed by atoms with Gasteiger partial charge in [0.25, 0.3) is 0 Å². The van der Waals surface area contributed by atoms with Crippen LogP contribution in [-0.4, -0.2) is 13.2 Å². The van der Waals surface area contributed by atoms with Crippen LogP contribution in [0.3, 0.4) is 0 Å². The summed E-state index contributed by atoms with van der Waals surface area (Å²) in [6.45, 7) is 2.35. The first kappa shape index (κ1) is 15.0. The van der Waals surface area contributed by atoms with E-state index < -0.39 is 0 Å². The Labute approximate surface area is 133 Å². The Morgan fingerprint density at radius 1 is 1.00 bits per heavy atom. The van der Waals surface area contributed by atoms with Gasteiger partial charge in [0.05, 0.1) is 12.8 Å². The molecule has 2 heteroatoms. The van der Waals surface area contributed by atoms with Crippen LogP contribution in [0.25, 0.3) is 11.1 Å². The SMILES string of the molecule is COc1ccc(-c2ccccc2)cc1N[C@@H]1CCC[C@H](C)C1. The van der Waals surface area contributed by atoms with Gasteiger partial charge in [0.15, 0.2) is 0 Å². The highest BCUT2D eigenvalue weighted by Gasteiger charge is 2.19. The first-order valence-corrected chi connectivity index (χ1v) is 8.26. The third kappa shape index (κ3) is 3.44. The average Bonchev–Trinajstić information content (AvgIpc) is 2.56. The molecule has 1 aliphatic carbocycles. The van der Waals surface area contributed by atoms with Crippen LogP contribution in [0.15, 0.2) is 48.5 Å². The molecule has 1 saturated carbocycles. The number of benzene rings is 2. The van der Waals surface area contributed by atoms with Gasteiger partial charge in [-0.3, -0.25) is 0 Å². The van der Waals surface area contributed by atoms with Crippen LogP contribution in [0.5, 0.6) is 5.75 Å². The summed E-state index contributed by atoms with van der Waals surface area (Å²) in [5.41, 5.74) is 3.58. The van der Waals surface area contributed by atoms with Gasteiger partial charge in [-0.1, -0.05) is 56.2 Å². The van der Waals surface area contributed by atoms with E-state index in [1.807, 2.05) is 0 Å². The maximum Gasteiger partial charge on any atom is 0.141 e. The molecule has 1 aliphatic rings. The van der Waals surface area contributed by atoms with Crippen LogP contribution >= 0.6 is 0 Å². The zero-order valence-corrected chi connectivity index (χ0v) is 13.5. The fourth-order valence-corrected chi connectivity index (χ4v) is 3.42. The lowest BCUT2D eigenvalue weighted by molar-refractivity contribution is 0.357. The summed E-state index contributed by atoms with van der Waals surface area (Å²) in [4.78, 5) is 0. The van der Waals surface area contributed by atoms with Crippen molar-refractivity contribution in [2.24, 2.45) is 5.92 Å². The summed E-state index contributed by atoms with van der Waals surface area (Å²) in [7, 11) is 1.74. The monoisotopic (exact) mass is 295 g/mol. The molecule has 2 aromatic carbocycles. The van der Waals surface area contributed by atoms with Gasteiger partial charge in [0.1, 0.15) is 5.75 Å². The second-order valence-electron chi connectivity index (χ2n) is 6.39. The smallest absolute Gasteiger partial charge is 0.141 e. The Kier molecular flexibility index (Phi) is 4.67. The summed E-state index contributed by atoms with van der Waals surface area (Å²) in [6, 6.07) is 17.5. The molecule has 22 heavy (non-hydrogen) atoms. The summed E-state index contributed by atoms with van der Waals surface area (Å²) >= 11 is 0. The molecule has 1 N–H and O–H groups in total. The van der Waals surface area contributed by atoms with Gasteiger partial charge < -0.3 is 10.1 Å². The van der Waals surface area contributed by atoms with E-state index in [0.717, 1.165) is 17.4 Å². The molecule has 0 spiro atoms. The topological polar surface area (TPSA) is 21.3 Å². The quantitative estimate of drug-likeness (QED) is 0.820. The number of rotatable bonds is 4. The maximum absolute atomic E-state index is 5.54. The Morgan fingerprint density at radius 2 is 1.82 bits per heavy atom. The third-order valence-electron chi connectivity index (χ3n) is 4.60. The molecule has 0 aliphatic heterocycles. The maximum atomic E-state index is 5.54. The number of ether oxygens (including phenoxy) is 1. The number of anilines is 1. The highest BCUT2D eigenvalue weighted by atomic mass is 16.5. The number of methoxy groups -OCH3 is 1. The van der Waals surface area contributed by atoms with Gasteiger partial charge in [-0.25, -0.2) is 0 Å². The van der Waals surface area contributed by atoms with Crippen LogP contribution in [0.4, 0.5) is 5.69 Å². The molecule has 116 valence electrons. The molecule has 0 amide bonds. The second kappa shape index (κ2) is 6.87. The minimum absolute atomic E-state index is 0.559. The molecular weight excluding hydrogens is 270 g/mol. The fraction of sp³-hybridized carbons (Fsp3) is 0.400. The molecule has 2 nitrogen and oxygen atoms in total. The van der Waals surface area contributed by atoms with Crippen LogP contribution in [0.1, 0.15) is 32.6 Å². The van der Waals surface area contributed by atoms with Crippen LogP contribution in [-0.2, 0) is 0 Å². The molecule has 0 saturated heterocycles. The van der Waals surface area contributed by atoms with E-state index in [2.05, 4.69) is 60.8 Å². The lowest BCUT2D eigenvalue weighted by Gasteiger charge is -2.29. The Bertz CT molecular complexity index is 608. The predicted molar refractivity (Wildman–Crippen MR) is 93.5 cm³/mol. The van der Waals surface area contributed by atoms with Gasteiger partial charge in [0.2, 0.25) is 0 Å². The van der Waals surface area contributed by atoms with E-state index in [1.165, 1.54) is 36.8 Å². The first-order valence-electron chi connectivity index (χ1n) is 8.26. The van der Waals surface area contributed by atoms with Crippen molar-refractivity contribution in [1.82, 2.24) is 0 Å². The molecule has 0 unspecified atom stereocenters. The minimum atomic E-state index is 0.559. The second-order valence-corrected chi connectivity index (χ2v) is 6.39. The van der Waals surface area contributed by atoms with E-state index in [0.29, 0.717) is 6.04 Å². The van der Waals surface area contributed by atoms with E-state index in [1.54, 1.807) is 7.11 Å². The Morgan fingerprint density at radius 3 is 2.55 bits per heavy atom. The number of hydrogen-bond donors (Lipinski definition) is 1. The molecule has 2 atom stereocenters. The summed E-state index contributed by atoms with van der Waals surface area (Å²) in [5.74, 6) is 1.74. The highest BCUT2D eigenvalue weighted by Crippen LogP contribution is 2.33.